The van der Waals surface area contributed by atoms with Crippen LogP contribution in [0.4, 0.5) is 0 Å². The van der Waals surface area contributed by atoms with E-state index in [-0.39, 0.29) is 10.9 Å². The Morgan fingerprint density at radius 3 is 2.35 bits per heavy atom. The van der Waals surface area contributed by atoms with Crippen LogP contribution >= 0.6 is 95.3 Å². The lowest BCUT2D eigenvalue weighted by molar-refractivity contribution is -0.108. The van der Waals surface area contributed by atoms with Crippen molar-refractivity contribution in [1.82, 2.24) is 9.97 Å². The average Bonchev–Trinajstić information content (AvgIpc) is 2.59. The SMILES string of the molecule is O=C(S)CSc1c(OC(=S)CSc2c(SS)[nH]ccc2=S)[nH]ccc1=S. The number of thiol groups is 2. The maximum Gasteiger partial charge on any atom is 0.213 e. The molecular formula is C14H12N2O2S8. The summed E-state index contributed by atoms with van der Waals surface area (Å²) in [6.45, 7) is 0. The molecule has 12 heteroatoms. The summed E-state index contributed by atoms with van der Waals surface area (Å²) in [5, 5.41) is 0.975. The summed E-state index contributed by atoms with van der Waals surface area (Å²) in [5.74, 6) is 1.03. The number of aromatic nitrogens is 2. The first-order valence-electron chi connectivity index (χ1n) is 6.85. The zero-order chi connectivity index (χ0) is 19.1. The summed E-state index contributed by atoms with van der Waals surface area (Å²) in [7, 11) is 1.28. The lowest BCUT2D eigenvalue weighted by Gasteiger charge is -2.11. The van der Waals surface area contributed by atoms with Crippen LogP contribution in [0.5, 0.6) is 5.88 Å². The minimum absolute atomic E-state index is 0.185. The molecule has 0 bridgehead atoms. The first-order chi connectivity index (χ1) is 12.4. The highest BCUT2D eigenvalue weighted by Gasteiger charge is 2.13. The Labute approximate surface area is 189 Å². The minimum Gasteiger partial charge on any atom is -0.432 e. The van der Waals surface area contributed by atoms with Crippen LogP contribution in [-0.2, 0) is 4.79 Å². The van der Waals surface area contributed by atoms with E-state index in [2.05, 4.69) is 34.3 Å². The number of thioether (sulfide) groups is 2. The van der Waals surface area contributed by atoms with Gasteiger partial charge in [0.1, 0.15) is 0 Å². The summed E-state index contributed by atoms with van der Waals surface area (Å²) >= 11 is 26.7. The molecule has 2 N–H and O–H groups in total. The summed E-state index contributed by atoms with van der Waals surface area (Å²) in [5.41, 5.74) is 0. The first-order valence-corrected chi connectivity index (χ1v) is 12.4. The molecule has 138 valence electrons. The van der Waals surface area contributed by atoms with Gasteiger partial charge < -0.3 is 14.7 Å². The highest BCUT2D eigenvalue weighted by molar-refractivity contribution is 8.68. The Morgan fingerprint density at radius 1 is 1.08 bits per heavy atom. The minimum atomic E-state index is -0.243. The van der Waals surface area contributed by atoms with E-state index in [1.165, 1.54) is 34.3 Å². The van der Waals surface area contributed by atoms with Gasteiger partial charge in [-0.15, -0.1) is 47.8 Å². The van der Waals surface area contributed by atoms with Crippen molar-refractivity contribution >= 4 is 105 Å². The van der Waals surface area contributed by atoms with Gasteiger partial charge in [0.15, 0.2) is 10.2 Å². The fourth-order valence-corrected chi connectivity index (χ4v) is 5.58. The molecule has 0 aliphatic heterocycles. The van der Waals surface area contributed by atoms with Crippen LogP contribution in [0.15, 0.2) is 39.3 Å². The molecule has 2 aromatic rings. The monoisotopic (exact) mass is 496 g/mol. The summed E-state index contributed by atoms with van der Waals surface area (Å²) < 4.78 is 7.05. The van der Waals surface area contributed by atoms with Gasteiger partial charge in [0.25, 0.3) is 0 Å². The van der Waals surface area contributed by atoms with Gasteiger partial charge in [-0.05, 0) is 35.1 Å². The molecular weight excluding hydrogens is 485 g/mol. The summed E-state index contributed by atoms with van der Waals surface area (Å²) in [6, 6.07) is 3.54. The number of H-pyrrole nitrogens is 2. The number of hydrogen-bond acceptors (Lipinski definition) is 9. The summed E-state index contributed by atoms with van der Waals surface area (Å²) in [6.07, 6.45) is 3.44. The smallest absolute Gasteiger partial charge is 0.213 e. The van der Waals surface area contributed by atoms with Gasteiger partial charge >= 0.3 is 0 Å². The molecule has 0 fully saturated rings. The van der Waals surface area contributed by atoms with Crippen molar-refractivity contribution in [3.8, 4) is 5.88 Å². The van der Waals surface area contributed by atoms with Crippen LogP contribution in [0.3, 0.4) is 0 Å². The number of nitrogens with one attached hydrogen (secondary N) is 2. The fraction of sp³-hybridized carbons (Fsp3) is 0.143. The molecule has 2 rings (SSSR count). The van der Waals surface area contributed by atoms with E-state index < -0.39 is 0 Å². The van der Waals surface area contributed by atoms with Crippen molar-refractivity contribution in [2.24, 2.45) is 0 Å². The molecule has 2 aromatic heterocycles. The largest absolute Gasteiger partial charge is 0.432 e. The zero-order valence-electron chi connectivity index (χ0n) is 12.9. The van der Waals surface area contributed by atoms with Crippen molar-refractivity contribution in [1.29, 1.82) is 0 Å². The molecule has 0 amide bonds. The number of rotatable bonds is 8. The number of hydrogen-bond donors (Lipinski definition) is 4. The highest BCUT2D eigenvalue weighted by Crippen LogP contribution is 2.33. The Balaban J connectivity index is 2.09. The van der Waals surface area contributed by atoms with E-state index in [9.17, 15) is 4.79 Å². The zero-order valence-corrected chi connectivity index (χ0v) is 19.6. The van der Waals surface area contributed by atoms with Crippen LogP contribution in [0.2, 0.25) is 0 Å². The summed E-state index contributed by atoms with van der Waals surface area (Å²) in [4.78, 5) is 18.7. The van der Waals surface area contributed by atoms with Crippen LogP contribution < -0.4 is 4.74 Å². The van der Waals surface area contributed by atoms with Gasteiger partial charge in [-0.3, -0.25) is 4.79 Å². The van der Waals surface area contributed by atoms with Crippen LogP contribution in [-0.4, -0.2) is 31.6 Å². The van der Waals surface area contributed by atoms with E-state index in [1.807, 2.05) is 6.07 Å². The molecule has 0 radical (unpaired) electrons. The van der Waals surface area contributed by atoms with Gasteiger partial charge in [-0.1, -0.05) is 24.4 Å². The van der Waals surface area contributed by atoms with Gasteiger partial charge in [0, 0.05) is 12.4 Å². The lowest BCUT2D eigenvalue weighted by Crippen LogP contribution is -2.10. The number of aromatic amines is 2. The van der Waals surface area contributed by atoms with Gasteiger partial charge in [-0.2, -0.15) is 0 Å². The number of carbonyl (C=O) groups excluding carboxylic acids is 1. The molecule has 0 spiro atoms. The molecule has 0 aliphatic rings. The van der Waals surface area contributed by atoms with E-state index in [0.29, 0.717) is 26.1 Å². The maximum atomic E-state index is 11.1. The molecule has 26 heavy (non-hydrogen) atoms. The molecule has 2 heterocycles. The Bertz CT molecular complexity index is 924. The van der Waals surface area contributed by atoms with E-state index >= 15 is 0 Å². The quantitative estimate of drug-likeness (QED) is 0.159. The fourth-order valence-electron chi connectivity index (χ4n) is 1.72. The van der Waals surface area contributed by atoms with Gasteiger partial charge in [0.05, 0.1) is 35.3 Å². The van der Waals surface area contributed by atoms with E-state index in [0.717, 1.165) is 14.4 Å². The lowest BCUT2D eigenvalue weighted by atomic mass is 10.5. The van der Waals surface area contributed by atoms with Crippen molar-refractivity contribution in [3.63, 3.8) is 0 Å². The van der Waals surface area contributed by atoms with E-state index in [1.54, 1.807) is 18.5 Å². The van der Waals surface area contributed by atoms with Crippen molar-refractivity contribution < 1.29 is 9.53 Å². The Kier molecular flexibility index (Phi) is 9.58. The average molecular weight is 497 g/mol. The molecule has 0 saturated carbocycles. The van der Waals surface area contributed by atoms with Crippen LogP contribution in [0.25, 0.3) is 0 Å². The Morgan fingerprint density at radius 2 is 1.69 bits per heavy atom. The standard InChI is InChI=1S/C14H12N2O2S8/c17-9(21)5-24-11-7(19)1-3-15-13(11)18-10(22)6-25-12-8(20)2-4-16-14(12)26-23/h1-4,23H,5-6H2,(H,15,19)(H,16,20)(H,17,21). The van der Waals surface area contributed by atoms with Crippen LogP contribution in [0, 0.1) is 9.02 Å². The van der Waals surface area contributed by atoms with Gasteiger partial charge in [-0.25, -0.2) is 0 Å². The molecule has 0 aromatic carbocycles. The third-order valence-corrected chi connectivity index (χ3v) is 7.86. The predicted octanol–water partition coefficient (Wildman–Crippen LogP) is 5.79. The highest BCUT2D eigenvalue weighted by atomic mass is 33.1. The van der Waals surface area contributed by atoms with Crippen LogP contribution in [0.1, 0.15) is 0 Å². The van der Waals surface area contributed by atoms with Crippen molar-refractivity contribution in [2.45, 2.75) is 14.8 Å². The number of pyridine rings is 2. The second-order valence-electron chi connectivity index (χ2n) is 4.54. The maximum absolute atomic E-state index is 11.1. The predicted molar refractivity (Wildman–Crippen MR) is 127 cm³/mol. The molecule has 0 saturated heterocycles. The van der Waals surface area contributed by atoms with E-state index in [4.69, 9.17) is 41.4 Å². The van der Waals surface area contributed by atoms with Crippen molar-refractivity contribution in [2.75, 3.05) is 11.5 Å². The molecule has 0 atom stereocenters. The normalized spacial score (nSPS) is 10.5. The topological polar surface area (TPSA) is 57.9 Å². The number of carbonyl (C=O) groups is 1. The second kappa shape index (κ2) is 11.1. The molecule has 0 unspecified atom stereocenters. The number of thiocarbonyl (C=S) groups is 1. The molecule has 0 aliphatic carbocycles. The number of ether oxygens (including phenoxy) is 1. The second-order valence-corrected chi connectivity index (χ2v) is 9.48. The third kappa shape index (κ3) is 6.59. The first kappa shape index (κ1) is 22.3. The molecule has 4 nitrogen and oxygen atoms in total. The Hall–Kier alpha value is 0.0500. The van der Waals surface area contributed by atoms with Crippen molar-refractivity contribution in [3.05, 3.63) is 33.5 Å². The van der Waals surface area contributed by atoms with Gasteiger partial charge in [0.2, 0.25) is 5.88 Å². The third-order valence-electron chi connectivity index (χ3n) is 2.74.